The minimum absolute atomic E-state index is 0. The maximum atomic E-state index is 11.4. The van der Waals surface area contributed by atoms with Crippen LogP contribution in [0.3, 0.4) is 0 Å². The molecule has 1 radical (unpaired) electrons. The quantitative estimate of drug-likeness (QED) is 0.672. The molecule has 0 aromatic heterocycles. The van der Waals surface area contributed by atoms with Crippen LogP contribution in [-0.2, 0) is 37.4 Å². The second-order valence-corrected chi connectivity index (χ2v) is 4.41. The Morgan fingerprint density at radius 3 is 2.35 bits per heavy atom. The van der Waals surface area contributed by atoms with E-state index in [4.69, 9.17) is 0 Å². The summed E-state index contributed by atoms with van der Waals surface area (Å²) in [6, 6.07) is 11.9. The van der Waals surface area contributed by atoms with Gasteiger partial charge in [-0.1, -0.05) is 31.5 Å². The van der Waals surface area contributed by atoms with Crippen molar-refractivity contribution >= 4 is 5.97 Å². The summed E-state index contributed by atoms with van der Waals surface area (Å²) in [7, 11) is 1.35. The minimum Gasteiger partial charge on any atom is -0.565 e. The number of carbonyl (C=O) groups excluding carboxylic acids is 1. The number of aromatic hydroxyl groups is 1. The van der Waals surface area contributed by atoms with Crippen LogP contribution in [0.5, 0.6) is 5.75 Å². The van der Waals surface area contributed by atoms with E-state index >= 15 is 0 Å². The molecule has 4 heteroatoms. The van der Waals surface area contributed by atoms with Crippen LogP contribution < -0.4 is 0 Å². The van der Waals surface area contributed by atoms with Crippen molar-refractivity contribution in [2.45, 2.75) is 13.8 Å². The van der Waals surface area contributed by atoms with E-state index in [2.05, 4.69) is 10.8 Å². The monoisotopic (exact) mass is 344 g/mol. The summed E-state index contributed by atoms with van der Waals surface area (Å²) >= 11 is 0. The molecule has 0 unspecified atom stereocenters. The molecule has 2 aromatic rings. The van der Waals surface area contributed by atoms with Gasteiger partial charge in [-0.2, -0.15) is 17.7 Å². The smallest absolute Gasteiger partial charge is 0.337 e. The van der Waals surface area contributed by atoms with Crippen LogP contribution in [0.25, 0.3) is 11.1 Å². The molecule has 0 saturated carbocycles. The number of phenolic OH excluding ortho intramolecular Hbond substituents is 1. The van der Waals surface area contributed by atoms with E-state index in [1.165, 1.54) is 7.11 Å². The van der Waals surface area contributed by atoms with E-state index < -0.39 is 0 Å². The first-order valence-corrected chi connectivity index (χ1v) is 5.94. The Balaban J connectivity index is 0.00000200. The molecule has 0 fully saturated rings. The summed E-state index contributed by atoms with van der Waals surface area (Å²) in [6.45, 7) is 3.74. The number of carbonyl (C=O) groups is 1. The number of hydrogen-bond acceptors (Lipinski definition) is 3. The Labute approximate surface area is 143 Å². The van der Waals surface area contributed by atoms with Crippen molar-refractivity contribution in [2.24, 2.45) is 0 Å². The molecule has 0 amide bonds. The third-order valence-corrected chi connectivity index (χ3v) is 2.97. The number of methoxy groups -OCH3 is 1. The van der Waals surface area contributed by atoms with Crippen LogP contribution in [0, 0.1) is 19.9 Å². The average molecular weight is 344 g/mol. The van der Waals surface area contributed by atoms with Crippen LogP contribution in [0.1, 0.15) is 21.5 Å². The van der Waals surface area contributed by atoms with Crippen molar-refractivity contribution in [3.63, 3.8) is 0 Å². The normalized spacial score (nSPS) is 9.75. The van der Waals surface area contributed by atoms with E-state index in [0.717, 1.165) is 16.7 Å². The fraction of sp³-hybridized carbons (Fsp3) is 0.188. The molecule has 1 N–H and O–H groups in total. The SMILES string of the molecule is COC(=O)c1ccc(-c2cc(C)[c-]c(C)c2O)cc1.[Y]. The Morgan fingerprint density at radius 1 is 1.20 bits per heavy atom. The summed E-state index contributed by atoms with van der Waals surface area (Å²) in [5.74, 6) is -0.152. The number of rotatable bonds is 2. The molecule has 20 heavy (non-hydrogen) atoms. The molecule has 0 atom stereocenters. The standard InChI is InChI=1S/C16H15O3.Y/c1-10-8-11(2)15(17)14(9-10)12-4-6-13(7-5-12)16(18)19-3;/h4-7,9,17H,1-3H3;/q-1;. The summed E-state index contributed by atoms with van der Waals surface area (Å²) in [5.41, 5.74) is 3.76. The fourth-order valence-corrected chi connectivity index (χ4v) is 2.00. The number of aryl methyl sites for hydroxylation is 2. The molecule has 2 rings (SSSR count). The van der Waals surface area contributed by atoms with E-state index in [1.54, 1.807) is 24.3 Å². The summed E-state index contributed by atoms with van der Waals surface area (Å²) in [6.07, 6.45) is 0. The van der Waals surface area contributed by atoms with Gasteiger partial charge in [0.1, 0.15) is 0 Å². The Kier molecular flexibility index (Phi) is 5.91. The van der Waals surface area contributed by atoms with Gasteiger partial charge >= 0.3 is 5.97 Å². The topological polar surface area (TPSA) is 46.5 Å². The molecule has 0 heterocycles. The number of esters is 1. The maximum absolute atomic E-state index is 11.4. The average Bonchev–Trinajstić information content (AvgIpc) is 2.42. The molecule has 0 aliphatic rings. The van der Waals surface area contributed by atoms with E-state index in [9.17, 15) is 9.90 Å². The van der Waals surface area contributed by atoms with Crippen LogP contribution >= 0.6 is 0 Å². The Bertz CT molecular complexity index is 618. The van der Waals surface area contributed by atoms with Crippen LogP contribution in [0.4, 0.5) is 0 Å². The fourth-order valence-electron chi connectivity index (χ4n) is 2.00. The number of benzene rings is 2. The molecule has 0 aliphatic heterocycles. The van der Waals surface area contributed by atoms with Crippen LogP contribution in [-0.4, -0.2) is 18.2 Å². The first kappa shape index (κ1) is 16.9. The van der Waals surface area contributed by atoms with E-state index in [-0.39, 0.29) is 44.4 Å². The molecule has 0 aliphatic carbocycles. The van der Waals surface area contributed by atoms with Gasteiger partial charge in [0.2, 0.25) is 0 Å². The van der Waals surface area contributed by atoms with Gasteiger partial charge in [-0.25, -0.2) is 4.79 Å². The second kappa shape index (κ2) is 7.00. The van der Waals surface area contributed by atoms with Crippen molar-refractivity contribution in [2.75, 3.05) is 7.11 Å². The molecule has 0 bridgehead atoms. The predicted molar refractivity (Wildman–Crippen MR) is 73.2 cm³/mol. The van der Waals surface area contributed by atoms with Gasteiger partial charge < -0.3 is 9.84 Å². The number of hydrogen-bond donors (Lipinski definition) is 1. The molecule has 0 saturated heterocycles. The zero-order valence-corrected chi connectivity index (χ0v) is 14.6. The zero-order valence-electron chi connectivity index (χ0n) is 11.7. The van der Waals surface area contributed by atoms with Gasteiger partial charge in [-0.15, -0.1) is 5.56 Å². The predicted octanol–water partition coefficient (Wildman–Crippen LogP) is 3.26. The Morgan fingerprint density at radius 2 is 1.80 bits per heavy atom. The second-order valence-electron chi connectivity index (χ2n) is 4.41. The Hall–Kier alpha value is -1.19. The van der Waals surface area contributed by atoms with Crippen molar-refractivity contribution in [1.29, 1.82) is 0 Å². The van der Waals surface area contributed by atoms with Gasteiger partial charge in [-0.05, 0) is 17.7 Å². The van der Waals surface area contributed by atoms with Crippen LogP contribution in [0.2, 0.25) is 0 Å². The van der Waals surface area contributed by atoms with Crippen molar-refractivity contribution in [3.05, 3.63) is 53.1 Å². The summed E-state index contributed by atoms with van der Waals surface area (Å²) in [4.78, 5) is 11.4. The molecule has 101 valence electrons. The first-order valence-electron chi connectivity index (χ1n) is 5.94. The molecule has 3 nitrogen and oxygen atoms in total. The first-order chi connectivity index (χ1) is 9.02. The van der Waals surface area contributed by atoms with Crippen molar-refractivity contribution in [1.82, 2.24) is 0 Å². The third-order valence-electron chi connectivity index (χ3n) is 2.97. The largest absolute Gasteiger partial charge is 0.565 e. The molecular formula is C16H15O3Y-. The van der Waals surface area contributed by atoms with Crippen molar-refractivity contribution < 1.29 is 47.3 Å². The van der Waals surface area contributed by atoms with Gasteiger partial charge in [0.05, 0.1) is 12.7 Å². The third kappa shape index (κ3) is 3.47. The molecule has 0 spiro atoms. The molecule has 2 aromatic carbocycles. The van der Waals surface area contributed by atoms with Crippen LogP contribution in [0.15, 0.2) is 30.3 Å². The van der Waals surface area contributed by atoms with E-state index in [0.29, 0.717) is 11.1 Å². The zero-order chi connectivity index (χ0) is 14.0. The summed E-state index contributed by atoms with van der Waals surface area (Å²) in [5, 5.41) is 10.1. The van der Waals surface area contributed by atoms with Gasteiger partial charge in [0, 0.05) is 38.5 Å². The van der Waals surface area contributed by atoms with Gasteiger partial charge in [0.25, 0.3) is 0 Å². The van der Waals surface area contributed by atoms with Gasteiger partial charge in [0.15, 0.2) is 0 Å². The molecular weight excluding hydrogens is 329 g/mol. The van der Waals surface area contributed by atoms with E-state index in [1.807, 2.05) is 19.9 Å². The maximum Gasteiger partial charge on any atom is 0.337 e. The summed E-state index contributed by atoms with van der Waals surface area (Å²) < 4.78 is 4.65. The van der Waals surface area contributed by atoms with Crippen molar-refractivity contribution in [3.8, 4) is 16.9 Å². The minimum atomic E-state index is -0.371. The number of ether oxygens (including phenoxy) is 1. The van der Waals surface area contributed by atoms with Gasteiger partial charge in [-0.3, -0.25) is 0 Å². The number of phenols is 1.